The third-order valence-electron chi connectivity index (χ3n) is 2.84. The summed E-state index contributed by atoms with van der Waals surface area (Å²) in [5.41, 5.74) is 3.23. The summed E-state index contributed by atoms with van der Waals surface area (Å²) < 4.78 is 5.02. The van der Waals surface area contributed by atoms with Crippen LogP contribution in [0.15, 0.2) is 53.6 Å². The molecule has 6 heteroatoms. The van der Waals surface area contributed by atoms with Gasteiger partial charge in [-0.15, -0.1) is 0 Å². The largest absolute Gasteiger partial charge is 0.497 e. The van der Waals surface area contributed by atoms with E-state index < -0.39 is 5.78 Å². The molecule has 5 nitrogen and oxygen atoms in total. The molecule has 0 atom stereocenters. The normalized spacial score (nSPS) is 10.7. The average Bonchev–Trinajstić information content (AvgIpc) is 2.56. The number of methoxy groups -OCH3 is 1. The number of benzene rings is 2. The maximum atomic E-state index is 12.2. The summed E-state index contributed by atoms with van der Waals surface area (Å²) in [5, 5.41) is 13.4. The molecule has 2 aromatic rings. The number of carbonyl (C=O) groups is 1. The van der Waals surface area contributed by atoms with E-state index in [9.17, 15) is 4.79 Å². The number of nitriles is 1. The Morgan fingerprint density at radius 1 is 1.23 bits per heavy atom. The van der Waals surface area contributed by atoms with Crippen LogP contribution in [-0.4, -0.2) is 18.6 Å². The predicted molar refractivity (Wildman–Crippen MR) is 85.4 cm³/mol. The molecule has 1 N–H and O–H groups in total. The number of hydrogen-bond acceptors (Lipinski definition) is 5. The van der Waals surface area contributed by atoms with Gasteiger partial charge in [0.25, 0.3) is 0 Å². The number of hydrazone groups is 1. The quantitative estimate of drug-likeness (QED) is 0.520. The molecular formula is C16H12ClN3O2. The van der Waals surface area contributed by atoms with Crippen LogP contribution in [0.2, 0.25) is 5.02 Å². The first-order chi connectivity index (χ1) is 10.7. The van der Waals surface area contributed by atoms with Crippen molar-refractivity contribution in [3.05, 3.63) is 59.1 Å². The monoisotopic (exact) mass is 313 g/mol. The molecule has 0 bridgehead atoms. The van der Waals surface area contributed by atoms with Gasteiger partial charge in [-0.25, -0.2) is 0 Å². The Labute approximate surface area is 132 Å². The number of ketones is 1. The van der Waals surface area contributed by atoms with Crippen molar-refractivity contribution in [2.75, 3.05) is 12.5 Å². The number of para-hydroxylation sites is 1. The van der Waals surface area contributed by atoms with Gasteiger partial charge in [-0.05, 0) is 36.4 Å². The van der Waals surface area contributed by atoms with Gasteiger partial charge in [-0.1, -0.05) is 23.7 Å². The molecule has 0 fully saturated rings. The summed E-state index contributed by atoms with van der Waals surface area (Å²) >= 11 is 5.97. The fourth-order valence-electron chi connectivity index (χ4n) is 1.67. The van der Waals surface area contributed by atoms with Crippen LogP contribution in [0.25, 0.3) is 0 Å². The number of anilines is 1. The van der Waals surface area contributed by atoms with Crippen LogP contribution in [0.1, 0.15) is 10.4 Å². The van der Waals surface area contributed by atoms with Gasteiger partial charge in [0.1, 0.15) is 11.8 Å². The second kappa shape index (κ2) is 7.25. The van der Waals surface area contributed by atoms with Gasteiger partial charge in [-0.3, -0.25) is 10.2 Å². The third-order valence-corrected chi connectivity index (χ3v) is 3.16. The molecule has 0 saturated carbocycles. The van der Waals surface area contributed by atoms with Crippen molar-refractivity contribution >= 4 is 28.8 Å². The molecule has 0 unspecified atom stereocenters. The first-order valence-electron chi connectivity index (χ1n) is 6.33. The molecule has 2 rings (SSSR count). The van der Waals surface area contributed by atoms with Gasteiger partial charge < -0.3 is 4.74 Å². The Morgan fingerprint density at radius 3 is 2.50 bits per heavy atom. The lowest BCUT2D eigenvalue weighted by molar-refractivity contribution is 0.106. The highest BCUT2D eigenvalue weighted by Crippen LogP contribution is 2.20. The topological polar surface area (TPSA) is 74.5 Å². The average molecular weight is 314 g/mol. The van der Waals surface area contributed by atoms with E-state index in [1.807, 2.05) is 0 Å². The number of rotatable bonds is 5. The van der Waals surface area contributed by atoms with E-state index in [-0.39, 0.29) is 5.71 Å². The van der Waals surface area contributed by atoms with Crippen LogP contribution >= 0.6 is 11.6 Å². The van der Waals surface area contributed by atoms with Crippen molar-refractivity contribution < 1.29 is 9.53 Å². The Balaban J connectivity index is 2.20. The molecular weight excluding hydrogens is 302 g/mol. The molecule has 0 spiro atoms. The molecule has 0 aromatic heterocycles. The minimum Gasteiger partial charge on any atom is -0.497 e. The molecule has 0 heterocycles. The third kappa shape index (κ3) is 3.62. The number of carbonyl (C=O) groups excluding carboxylic acids is 1. The zero-order chi connectivity index (χ0) is 15.9. The first kappa shape index (κ1) is 15.5. The molecule has 0 saturated heterocycles. The van der Waals surface area contributed by atoms with E-state index in [2.05, 4.69) is 10.5 Å². The molecule has 22 heavy (non-hydrogen) atoms. The minimum absolute atomic E-state index is 0.259. The van der Waals surface area contributed by atoms with Gasteiger partial charge in [0, 0.05) is 5.56 Å². The first-order valence-corrected chi connectivity index (χ1v) is 6.70. The fraction of sp³-hybridized carbons (Fsp3) is 0.0625. The highest BCUT2D eigenvalue weighted by molar-refractivity contribution is 6.51. The fourth-order valence-corrected chi connectivity index (χ4v) is 1.85. The lowest BCUT2D eigenvalue weighted by Crippen LogP contribution is -2.14. The molecule has 0 aliphatic carbocycles. The van der Waals surface area contributed by atoms with Crippen molar-refractivity contribution in [1.29, 1.82) is 5.26 Å². The van der Waals surface area contributed by atoms with E-state index >= 15 is 0 Å². The zero-order valence-electron chi connectivity index (χ0n) is 11.7. The van der Waals surface area contributed by atoms with Crippen molar-refractivity contribution in [2.45, 2.75) is 0 Å². The van der Waals surface area contributed by atoms with Crippen molar-refractivity contribution in [2.24, 2.45) is 5.10 Å². The van der Waals surface area contributed by atoms with E-state index in [4.69, 9.17) is 21.6 Å². The molecule has 0 amide bonds. The summed E-state index contributed by atoms with van der Waals surface area (Å²) in [4.78, 5) is 12.2. The van der Waals surface area contributed by atoms with E-state index in [0.717, 1.165) is 0 Å². The molecule has 2 aromatic carbocycles. The van der Waals surface area contributed by atoms with Crippen molar-refractivity contribution in [3.63, 3.8) is 0 Å². The Kier molecular flexibility index (Phi) is 5.12. The van der Waals surface area contributed by atoms with Gasteiger partial charge >= 0.3 is 0 Å². The van der Waals surface area contributed by atoms with Gasteiger partial charge in [-0.2, -0.15) is 10.4 Å². The summed E-state index contributed by atoms with van der Waals surface area (Å²) in [6.07, 6.45) is 0. The van der Waals surface area contributed by atoms with Gasteiger partial charge in [0.2, 0.25) is 11.5 Å². The summed E-state index contributed by atoms with van der Waals surface area (Å²) in [7, 11) is 1.53. The van der Waals surface area contributed by atoms with E-state index in [1.165, 1.54) is 7.11 Å². The van der Waals surface area contributed by atoms with E-state index in [1.54, 1.807) is 54.6 Å². The second-order valence-electron chi connectivity index (χ2n) is 4.22. The number of Topliss-reactive ketones (excluding diaryl/α,β-unsaturated/α-hetero) is 1. The molecule has 0 aliphatic rings. The number of nitrogens with one attached hydrogen (secondary N) is 1. The smallest absolute Gasteiger partial charge is 0.223 e. The summed E-state index contributed by atoms with van der Waals surface area (Å²) in [6.45, 7) is 0. The van der Waals surface area contributed by atoms with Crippen LogP contribution in [0, 0.1) is 11.3 Å². The van der Waals surface area contributed by atoms with Crippen molar-refractivity contribution in [1.82, 2.24) is 0 Å². The van der Waals surface area contributed by atoms with Crippen LogP contribution in [0.5, 0.6) is 5.75 Å². The Bertz CT molecular complexity index is 749. The minimum atomic E-state index is -0.482. The standard InChI is InChI=1S/C16H12ClN3O2/c1-22-12-8-6-11(7-9-12)16(21)15(10-18)20-19-14-5-3-2-4-13(14)17/h2-9,19H,1H3/b20-15-. The lowest BCUT2D eigenvalue weighted by Gasteiger charge is -2.04. The van der Waals surface area contributed by atoms with Crippen LogP contribution in [-0.2, 0) is 0 Å². The Morgan fingerprint density at radius 2 is 1.91 bits per heavy atom. The molecule has 0 radical (unpaired) electrons. The highest BCUT2D eigenvalue weighted by atomic mass is 35.5. The maximum Gasteiger partial charge on any atom is 0.223 e. The molecule has 110 valence electrons. The zero-order valence-corrected chi connectivity index (χ0v) is 12.5. The van der Waals surface area contributed by atoms with E-state index in [0.29, 0.717) is 22.0 Å². The summed E-state index contributed by atoms with van der Waals surface area (Å²) in [6, 6.07) is 15.1. The summed E-state index contributed by atoms with van der Waals surface area (Å²) in [5.74, 6) is 0.144. The molecule has 0 aliphatic heterocycles. The van der Waals surface area contributed by atoms with Gasteiger partial charge in [0.05, 0.1) is 17.8 Å². The predicted octanol–water partition coefficient (Wildman–Crippen LogP) is 3.52. The highest BCUT2D eigenvalue weighted by Gasteiger charge is 2.14. The number of nitrogens with zero attached hydrogens (tertiary/aromatic N) is 2. The van der Waals surface area contributed by atoms with Crippen LogP contribution in [0.4, 0.5) is 5.69 Å². The number of hydrogen-bond donors (Lipinski definition) is 1. The van der Waals surface area contributed by atoms with Crippen molar-refractivity contribution in [3.8, 4) is 11.8 Å². The second-order valence-corrected chi connectivity index (χ2v) is 4.63. The SMILES string of the molecule is COc1ccc(C(=O)/C(C#N)=N\Nc2ccccc2Cl)cc1. The van der Waals surface area contributed by atoms with Crippen LogP contribution < -0.4 is 10.2 Å². The van der Waals surface area contributed by atoms with Crippen LogP contribution in [0.3, 0.4) is 0 Å². The maximum absolute atomic E-state index is 12.2. The number of halogens is 1. The lowest BCUT2D eigenvalue weighted by atomic mass is 10.1. The number of ether oxygens (including phenoxy) is 1. The van der Waals surface area contributed by atoms with Gasteiger partial charge in [0.15, 0.2) is 0 Å². The Hall–Kier alpha value is -2.84.